The van der Waals surface area contributed by atoms with Crippen molar-refractivity contribution in [1.82, 2.24) is 20.4 Å². The van der Waals surface area contributed by atoms with Crippen LogP contribution >= 0.6 is 24.0 Å². The van der Waals surface area contributed by atoms with E-state index in [1.54, 1.807) is 23.9 Å². The van der Waals surface area contributed by atoms with Crippen LogP contribution in [0.25, 0.3) is 0 Å². The maximum Gasteiger partial charge on any atom is 0.387 e. The zero-order chi connectivity index (χ0) is 19.6. The Kier molecular flexibility index (Phi) is 10.6. The van der Waals surface area contributed by atoms with E-state index in [2.05, 4.69) is 25.5 Å². The van der Waals surface area contributed by atoms with Gasteiger partial charge in [-0.05, 0) is 36.6 Å². The molecule has 0 radical (unpaired) electrons. The fourth-order valence-electron chi connectivity index (χ4n) is 2.53. The molecule has 1 aromatic carbocycles. The van der Waals surface area contributed by atoms with Crippen molar-refractivity contribution in [3.05, 3.63) is 41.7 Å². The van der Waals surface area contributed by atoms with E-state index >= 15 is 0 Å². The molecule has 0 saturated heterocycles. The average Bonchev–Trinajstić information content (AvgIpc) is 3.07. The Hall–Kier alpha value is -2.11. The summed E-state index contributed by atoms with van der Waals surface area (Å²) < 4.78 is 36.6. The molecule has 2 rings (SSSR count). The molecule has 0 unspecified atom stereocenters. The molecule has 2 N–H and O–H groups in total. The van der Waals surface area contributed by atoms with Crippen LogP contribution in [0, 0.1) is 0 Å². The van der Waals surface area contributed by atoms with Crippen LogP contribution in [0.4, 0.5) is 8.78 Å². The van der Waals surface area contributed by atoms with Gasteiger partial charge in [-0.1, -0.05) is 0 Å². The minimum absolute atomic E-state index is 0. The molecule has 28 heavy (non-hydrogen) atoms. The lowest BCUT2D eigenvalue weighted by Gasteiger charge is -2.15. The fourth-order valence-corrected chi connectivity index (χ4v) is 2.53. The molecule has 7 nitrogen and oxygen atoms in total. The van der Waals surface area contributed by atoms with E-state index in [9.17, 15) is 8.78 Å². The Morgan fingerprint density at radius 1 is 1.32 bits per heavy atom. The van der Waals surface area contributed by atoms with Crippen molar-refractivity contribution in [1.29, 1.82) is 0 Å². The highest BCUT2D eigenvalue weighted by atomic mass is 127. The van der Waals surface area contributed by atoms with Gasteiger partial charge in [0.05, 0.1) is 13.3 Å². The van der Waals surface area contributed by atoms with Gasteiger partial charge in [0.2, 0.25) is 0 Å². The summed E-state index contributed by atoms with van der Waals surface area (Å²) >= 11 is 0. The molecular formula is C18H26F2IN5O2. The molecule has 156 valence electrons. The van der Waals surface area contributed by atoms with Gasteiger partial charge in [-0.3, -0.25) is 9.67 Å². The second kappa shape index (κ2) is 12.4. The van der Waals surface area contributed by atoms with E-state index in [0.29, 0.717) is 23.8 Å². The molecular weight excluding hydrogens is 483 g/mol. The second-order valence-corrected chi connectivity index (χ2v) is 5.83. The van der Waals surface area contributed by atoms with Crippen molar-refractivity contribution in [2.75, 3.05) is 20.7 Å². The van der Waals surface area contributed by atoms with Gasteiger partial charge in [-0.25, -0.2) is 0 Å². The van der Waals surface area contributed by atoms with E-state index in [1.807, 2.05) is 19.4 Å². The summed E-state index contributed by atoms with van der Waals surface area (Å²) in [6.45, 7) is -1.91. The number of nitrogens with zero attached hydrogens (tertiary/aromatic N) is 3. The van der Waals surface area contributed by atoms with E-state index in [1.165, 1.54) is 18.7 Å². The summed E-state index contributed by atoms with van der Waals surface area (Å²) in [7, 11) is 5.06. The van der Waals surface area contributed by atoms with Crippen LogP contribution in [0.1, 0.15) is 17.5 Å². The number of ether oxygens (including phenoxy) is 2. The zero-order valence-corrected chi connectivity index (χ0v) is 18.4. The summed E-state index contributed by atoms with van der Waals surface area (Å²) in [6, 6.07) is 4.69. The Morgan fingerprint density at radius 2 is 2.11 bits per heavy atom. The number of halogens is 3. The first-order valence-electron chi connectivity index (χ1n) is 8.55. The predicted octanol–water partition coefficient (Wildman–Crippen LogP) is 2.95. The van der Waals surface area contributed by atoms with E-state index in [4.69, 9.17) is 4.74 Å². The van der Waals surface area contributed by atoms with Crippen LogP contribution in [0.15, 0.2) is 35.6 Å². The molecule has 0 saturated carbocycles. The number of aryl methyl sites for hydroxylation is 2. The summed E-state index contributed by atoms with van der Waals surface area (Å²) in [6.07, 6.45) is 5.65. The van der Waals surface area contributed by atoms with Crippen molar-refractivity contribution in [3.63, 3.8) is 0 Å². The topological polar surface area (TPSA) is 72.7 Å². The van der Waals surface area contributed by atoms with Gasteiger partial charge in [0, 0.05) is 38.9 Å². The molecule has 0 amide bonds. The van der Waals surface area contributed by atoms with Crippen molar-refractivity contribution in [2.24, 2.45) is 12.0 Å². The minimum atomic E-state index is -2.89. The maximum atomic E-state index is 12.6. The van der Waals surface area contributed by atoms with Gasteiger partial charge in [-0.2, -0.15) is 13.9 Å². The number of hydrogen-bond donors (Lipinski definition) is 2. The SMILES string of the molecule is CN=C(NCCCc1cnn(C)c1)NCc1cc(OC)ccc1OC(F)F.I. The van der Waals surface area contributed by atoms with Gasteiger partial charge < -0.3 is 20.1 Å². The number of guanidine groups is 1. The lowest BCUT2D eigenvalue weighted by atomic mass is 10.2. The van der Waals surface area contributed by atoms with Crippen molar-refractivity contribution >= 4 is 29.9 Å². The third kappa shape index (κ3) is 7.87. The highest BCUT2D eigenvalue weighted by molar-refractivity contribution is 14.0. The number of hydrogen-bond acceptors (Lipinski definition) is 4. The van der Waals surface area contributed by atoms with E-state index in [0.717, 1.165) is 12.8 Å². The second-order valence-electron chi connectivity index (χ2n) is 5.83. The van der Waals surface area contributed by atoms with Gasteiger partial charge in [0.1, 0.15) is 11.5 Å². The summed E-state index contributed by atoms with van der Waals surface area (Å²) in [5.41, 5.74) is 1.72. The number of benzene rings is 1. The van der Waals surface area contributed by atoms with E-state index < -0.39 is 6.61 Å². The third-order valence-corrected chi connectivity index (χ3v) is 3.85. The number of methoxy groups -OCH3 is 1. The molecule has 0 aliphatic heterocycles. The van der Waals surface area contributed by atoms with Crippen molar-refractivity contribution in [2.45, 2.75) is 26.0 Å². The van der Waals surface area contributed by atoms with Crippen LogP contribution in [0.2, 0.25) is 0 Å². The molecule has 0 atom stereocenters. The highest BCUT2D eigenvalue weighted by Gasteiger charge is 2.11. The van der Waals surface area contributed by atoms with Crippen LogP contribution in [-0.4, -0.2) is 43.1 Å². The fraction of sp³-hybridized carbons (Fsp3) is 0.444. The lowest BCUT2D eigenvalue weighted by Crippen LogP contribution is -2.37. The number of aliphatic imine (C=N–C) groups is 1. The number of alkyl halides is 2. The Morgan fingerprint density at radius 3 is 2.71 bits per heavy atom. The third-order valence-electron chi connectivity index (χ3n) is 3.85. The first kappa shape index (κ1) is 23.9. The number of aromatic nitrogens is 2. The molecule has 0 fully saturated rings. The van der Waals surface area contributed by atoms with E-state index in [-0.39, 0.29) is 36.3 Å². The van der Waals surface area contributed by atoms with Crippen LogP contribution in [0.3, 0.4) is 0 Å². The number of rotatable bonds is 9. The first-order chi connectivity index (χ1) is 13.0. The van der Waals surface area contributed by atoms with Crippen LogP contribution in [-0.2, 0) is 20.0 Å². The average molecular weight is 509 g/mol. The molecule has 1 heterocycles. The largest absolute Gasteiger partial charge is 0.497 e. The quantitative estimate of drug-likeness (QED) is 0.236. The molecule has 0 aliphatic carbocycles. The molecule has 1 aromatic heterocycles. The Labute approximate surface area is 180 Å². The predicted molar refractivity (Wildman–Crippen MR) is 115 cm³/mol. The normalized spacial score (nSPS) is 11.1. The molecule has 0 spiro atoms. The summed E-state index contributed by atoms with van der Waals surface area (Å²) in [5, 5.41) is 10.4. The van der Waals surface area contributed by atoms with Gasteiger partial charge in [-0.15, -0.1) is 24.0 Å². The lowest BCUT2D eigenvalue weighted by molar-refractivity contribution is -0.0504. The summed E-state index contributed by atoms with van der Waals surface area (Å²) in [5.74, 6) is 1.24. The molecule has 2 aromatic rings. The first-order valence-corrected chi connectivity index (χ1v) is 8.55. The molecule has 0 aliphatic rings. The zero-order valence-electron chi connectivity index (χ0n) is 16.1. The number of nitrogens with one attached hydrogen (secondary N) is 2. The molecule has 10 heteroatoms. The van der Waals surface area contributed by atoms with Crippen molar-refractivity contribution < 1.29 is 18.3 Å². The van der Waals surface area contributed by atoms with Gasteiger partial charge in [0.25, 0.3) is 0 Å². The minimum Gasteiger partial charge on any atom is -0.497 e. The smallest absolute Gasteiger partial charge is 0.387 e. The van der Waals surface area contributed by atoms with Crippen molar-refractivity contribution in [3.8, 4) is 11.5 Å². The van der Waals surface area contributed by atoms with Gasteiger partial charge in [0.15, 0.2) is 5.96 Å². The maximum absolute atomic E-state index is 12.6. The Balaban J connectivity index is 0.00000392. The Bertz CT molecular complexity index is 755. The summed E-state index contributed by atoms with van der Waals surface area (Å²) in [4.78, 5) is 4.14. The standard InChI is InChI=1S/C18H25F2N5O2.HI/c1-21-18(22-8-4-5-13-10-24-25(2)12-13)23-11-14-9-15(26-3)6-7-16(14)27-17(19)20;/h6-7,9-10,12,17H,4-5,8,11H2,1-3H3,(H2,21,22,23);1H. The van der Waals surface area contributed by atoms with Gasteiger partial charge >= 0.3 is 6.61 Å². The van der Waals surface area contributed by atoms with Crippen LogP contribution in [0.5, 0.6) is 11.5 Å². The highest BCUT2D eigenvalue weighted by Crippen LogP contribution is 2.25. The monoisotopic (exact) mass is 509 g/mol. The molecule has 0 bridgehead atoms. The van der Waals surface area contributed by atoms with Crippen LogP contribution < -0.4 is 20.1 Å².